The van der Waals surface area contributed by atoms with E-state index in [2.05, 4.69) is 9.80 Å². The SMILES string of the molecule is Cn1cccc1C(=O)N1CC2CC3CC1CN(C3)C2. The Morgan fingerprint density at radius 1 is 1.16 bits per heavy atom. The number of piperidine rings is 2. The third-order valence-corrected chi connectivity index (χ3v) is 5.09. The molecule has 4 nitrogen and oxygen atoms in total. The molecule has 0 spiro atoms. The number of aryl methyl sites for hydroxylation is 1. The van der Waals surface area contributed by atoms with Crippen LogP contribution in [0.25, 0.3) is 0 Å². The summed E-state index contributed by atoms with van der Waals surface area (Å²) in [5, 5.41) is 0. The van der Waals surface area contributed by atoms with Crippen molar-refractivity contribution in [3.63, 3.8) is 0 Å². The van der Waals surface area contributed by atoms with Crippen LogP contribution in [0.5, 0.6) is 0 Å². The van der Waals surface area contributed by atoms with Crippen LogP contribution < -0.4 is 0 Å². The van der Waals surface area contributed by atoms with Crippen LogP contribution in [0.2, 0.25) is 0 Å². The fraction of sp³-hybridized carbons (Fsp3) is 0.667. The lowest BCUT2D eigenvalue weighted by Gasteiger charge is -2.41. The predicted octanol–water partition coefficient (Wildman–Crippen LogP) is 1.19. The van der Waals surface area contributed by atoms with E-state index in [1.165, 1.54) is 25.9 Å². The fourth-order valence-corrected chi connectivity index (χ4v) is 4.37. The first-order valence-corrected chi connectivity index (χ1v) is 7.35. The summed E-state index contributed by atoms with van der Waals surface area (Å²) in [5.74, 6) is 1.74. The number of rotatable bonds is 1. The molecule has 0 aliphatic carbocycles. The first kappa shape index (κ1) is 11.5. The fourth-order valence-electron chi connectivity index (χ4n) is 4.37. The molecule has 1 aromatic rings. The number of hydrogen-bond donors (Lipinski definition) is 0. The van der Waals surface area contributed by atoms with Crippen LogP contribution in [-0.2, 0) is 7.05 Å². The molecule has 102 valence electrons. The smallest absolute Gasteiger partial charge is 0.270 e. The molecule has 4 fully saturated rings. The number of carbonyl (C=O) groups is 1. The van der Waals surface area contributed by atoms with Gasteiger partial charge in [0.05, 0.1) is 0 Å². The molecule has 4 unspecified atom stereocenters. The van der Waals surface area contributed by atoms with Crippen LogP contribution in [0.1, 0.15) is 23.3 Å². The Balaban J connectivity index is 1.65. The number of fused-ring (bicyclic) bond motifs is 1. The summed E-state index contributed by atoms with van der Waals surface area (Å²) in [4.78, 5) is 17.5. The zero-order chi connectivity index (χ0) is 13.0. The van der Waals surface area contributed by atoms with Gasteiger partial charge in [-0.05, 0) is 36.8 Å². The second-order valence-electron chi connectivity index (χ2n) is 6.54. The second-order valence-corrected chi connectivity index (χ2v) is 6.54. The molecule has 1 amide bonds. The van der Waals surface area contributed by atoms with E-state index in [9.17, 15) is 4.79 Å². The van der Waals surface area contributed by atoms with Crippen LogP contribution in [-0.4, -0.2) is 52.5 Å². The molecule has 0 saturated carbocycles. The summed E-state index contributed by atoms with van der Waals surface area (Å²) in [6.45, 7) is 4.51. The Kier molecular flexibility index (Phi) is 2.49. The second kappa shape index (κ2) is 4.10. The minimum atomic E-state index is 0.229. The average Bonchev–Trinajstić information content (AvgIpc) is 2.70. The van der Waals surface area contributed by atoms with Gasteiger partial charge in [-0.25, -0.2) is 0 Å². The monoisotopic (exact) mass is 259 g/mol. The summed E-state index contributed by atoms with van der Waals surface area (Å²) in [6, 6.07) is 4.34. The van der Waals surface area contributed by atoms with Crippen molar-refractivity contribution in [2.24, 2.45) is 18.9 Å². The highest BCUT2D eigenvalue weighted by Crippen LogP contribution is 2.36. The van der Waals surface area contributed by atoms with Gasteiger partial charge in [0.1, 0.15) is 5.69 Å². The number of amides is 1. The molecule has 4 saturated heterocycles. The molecule has 0 N–H and O–H groups in total. The highest BCUT2D eigenvalue weighted by atomic mass is 16.2. The van der Waals surface area contributed by atoms with Crippen molar-refractivity contribution in [3.05, 3.63) is 24.0 Å². The van der Waals surface area contributed by atoms with Crippen molar-refractivity contribution in [2.45, 2.75) is 18.9 Å². The third-order valence-electron chi connectivity index (χ3n) is 5.09. The van der Waals surface area contributed by atoms with Gasteiger partial charge in [-0.3, -0.25) is 4.79 Å². The summed E-state index contributed by atoms with van der Waals surface area (Å²) >= 11 is 0. The van der Waals surface area contributed by atoms with Gasteiger partial charge in [-0.15, -0.1) is 0 Å². The minimum absolute atomic E-state index is 0.229. The van der Waals surface area contributed by atoms with Gasteiger partial charge in [0.15, 0.2) is 0 Å². The van der Waals surface area contributed by atoms with Crippen LogP contribution >= 0.6 is 0 Å². The molecule has 5 heterocycles. The van der Waals surface area contributed by atoms with E-state index in [4.69, 9.17) is 0 Å². The van der Waals surface area contributed by atoms with Crippen LogP contribution in [0.15, 0.2) is 18.3 Å². The maximum Gasteiger partial charge on any atom is 0.270 e. The van der Waals surface area contributed by atoms with Crippen molar-refractivity contribution in [2.75, 3.05) is 26.2 Å². The first-order chi connectivity index (χ1) is 9.20. The lowest BCUT2D eigenvalue weighted by molar-refractivity contribution is 0.0565. The average molecular weight is 259 g/mol. The first-order valence-electron chi connectivity index (χ1n) is 7.35. The van der Waals surface area contributed by atoms with Gasteiger partial charge < -0.3 is 14.4 Å². The van der Waals surface area contributed by atoms with Gasteiger partial charge in [0.2, 0.25) is 0 Å². The number of nitrogens with zero attached hydrogens (tertiary/aromatic N) is 3. The standard InChI is InChI=1S/C15H21N3O/c1-16-4-2-3-14(16)15(19)18-9-12-5-11-6-13(18)10-17(7-11)8-12/h2-4,11-13H,5-10H2,1H3. The Labute approximate surface area is 114 Å². The van der Waals surface area contributed by atoms with E-state index in [0.717, 1.165) is 24.7 Å². The summed E-state index contributed by atoms with van der Waals surface area (Å²) in [5.41, 5.74) is 0.830. The molecule has 0 aromatic carbocycles. The number of hydrogen-bond acceptors (Lipinski definition) is 2. The molecule has 4 aliphatic rings. The van der Waals surface area contributed by atoms with E-state index in [-0.39, 0.29) is 5.91 Å². The minimum Gasteiger partial charge on any atom is -0.347 e. The van der Waals surface area contributed by atoms with Gasteiger partial charge in [0, 0.05) is 45.5 Å². The van der Waals surface area contributed by atoms with Gasteiger partial charge in [-0.1, -0.05) is 0 Å². The lowest BCUT2D eigenvalue weighted by atomic mass is 9.84. The Bertz CT molecular complexity index is 495. The zero-order valence-corrected chi connectivity index (χ0v) is 11.5. The predicted molar refractivity (Wildman–Crippen MR) is 72.9 cm³/mol. The Morgan fingerprint density at radius 2 is 2.00 bits per heavy atom. The molecule has 1 aromatic heterocycles. The van der Waals surface area contributed by atoms with Crippen LogP contribution in [0.4, 0.5) is 0 Å². The maximum absolute atomic E-state index is 12.8. The van der Waals surface area contributed by atoms with E-state index in [1.807, 2.05) is 29.9 Å². The highest BCUT2D eigenvalue weighted by molar-refractivity contribution is 5.93. The van der Waals surface area contributed by atoms with Crippen molar-refractivity contribution in [1.82, 2.24) is 14.4 Å². The van der Waals surface area contributed by atoms with Crippen LogP contribution in [0.3, 0.4) is 0 Å². The normalized spacial score (nSPS) is 36.6. The molecular formula is C15H21N3O. The lowest BCUT2D eigenvalue weighted by Crippen LogP contribution is -2.50. The third kappa shape index (κ3) is 1.81. The zero-order valence-electron chi connectivity index (χ0n) is 11.5. The molecule has 4 atom stereocenters. The summed E-state index contributed by atoms with van der Waals surface area (Å²) < 4.78 is 1.94. The molecule has 4 heteroatoms. The van der Waals surface area contributed by atoms with E-state index in [1.54, 1.807) is 0 Å². The van der Waals surface area contributed by atoms with Crippen molar-refractivity contribution in [3.8, 4) is 0 Å². The maximum atomic E-state index is 12.8. The van der Waals surface area contributed by atoms with Crippen molar-refractivity contribution >= 4 is 5.91 Å². The largest absolute Gasteiger partial charge is 0.347 e. The molecule has 5 rings (SSSR count). The molecule has 0 radical (unpaired) electrons. The molecule has 4 aliphatic heterocycles. The Morgan fingerprint density at radius 3 is 2.74 bits per heavy atom. The summed E-state index contributed by atoms with van der Waals surface area (Å²) in [6.07, 6.45) is 4.49. The van der Waals surface area contributed by atoms with E-state index >= 15 is 0 Å². The number of aromatic nitrogens is 1. The number of carbonyl (C=O) groups excluding carboxylic acids is 1. The topological polar surface area (TPSA) is 28.5 Å². The van der Waals surface area contributed by atoms with Gasteiger partial charge >= 0.3 is 0 Å². The molecule has 19 heavy (non-hydrogen) atoms. The highest BCUT2D eigenvalue weighted by Gasteiger charge is 2.43. The molecular weight excluding hydrogens is 238 g/mol. The van der Waals surface area contributed by atoms with Gasteiger partial charge in [-0.2, -0.15) is 0 Å². The summed E-state index contributed by atoms with van der Waals surface area (Å²) in [7, 11) is 1.96. The van der Waals surface area contributed by atoms with Crippen LogP contribution in [0, 0.1) is 11.8 Å². The van der Waals surface area contributed by atoms with Crippen molar-refractivity contribution < 1.29 is 4.79 Å². The molecule has 4 bridgehead atoms. The van der Waals surface area contributed by atoms with E-state index in [0.29, 0.717) is 12.0 Å². The van der Waals surface area contributed by atoms with Crippen molar-refractivity contribution in [1.29, 1.82) is 0 Å². The van der Waals surface area contributed by atoms with Gasteiger partial charge in [0.25, 0.3) is 5.91 Å². The quantitative estimate of drug-likeness (QED) is 0.758. The van der Waals surface area contributed by atoms with E-state index < -0.39 is 0 Å². The Hall–Kier alpha value is -1.29.